The van der Waals surface area contributed by atoms with Crippen LogP contribution in [0.2, 0.25) is 0 Å². The summed E-state index contributed by atoms with van der Waals surface area (Å²) < 4.78 is 38.3. The zero-order valence-corrected chi connectivity index (χ0v) is 11.4. The van der Waals surface area contributed by atoms with Crippen LogP contribution in [0.1, 0.15) is 5.56 Å². The Labute approximate surface area is 124 Å². The molecule has 1 aromatic carbocycles. The molecule has 0 saturated heterocycles. The molecule has 2 N–H and O–H groups in total. The highest BCUT2D eigenvalue weighted by Gasteiger charge is 2.32. The van der Waals surface area contributed by atoms with Crippen LogP contribution in [0.15, 0.2) is 36.0 Å². The van der Waals surface area contributed by atoms with Crippen molar-refractivity contribution in [3.05, 3.63) is 41.6 Å². The fraction of sp³-hybridized carbons (Fsp3) is 0.231. The van der Waals surface area contributed by atoms with Gasteiger partial charge in [-0.2, -0.15) is 18.4 Å². The van der Waals surface area contributed by atoms with Gasteiger partial charge >= 0.3 is 6.18 Å². The van der Waals surface area contributed by atoms with E-state index in [1.165, 1.54) is 18.2 Å². The van der Waals surface area contributed by atoms with Crippen molar-refractivity contribution in [1.29, 1.82) is 5.26 Å². The molecule has 0 aliphatic rings. The van der Waals surface area contributed by atoms with Crippen LogP contribution in [0, 0.1) is 11.3 Å². The number of carbonyl (C=O) groups excluding carboxylic acids is 1. The number of hydrogen-bond donors (Lipinski definition) is 2. The summed E-state index contributed by atoms with van der Waals surface area (Å²) in [6.45, 7) is 0.151. The number of alkyl halides is 4. The minimum Gasteiger partial charge on any atom is -0.360 e. The van der Waals surface area contributed by atoms with Crippen LogP contribution in [0.5, 0.6) is 0 Å². The van der Waals surface area contributed by atoms with Gasteiger partial charge in [0.25, 0.3) is 5.91 Å². The SMILES string of the molecule is N#C/C(=C/Nc1ccccc1C(F)(F)F)C(=O)NCCCl. The van der Waals surface area contributed by atoms with Gasteiger partial charge in [-0.1, -0.05) is 12.1 Å². The average Bonchev–Trinajstić information content (AvgIpc) is 2.45. The van der Waals surface area contributed by atoms with Gasteiger partial charge in [0.15, 0.2) is 0 Å². The maximum Gasteiger partial charge on any atom is 0.418 e. The fourth-order valence-electron chi connectivity index (χ4n) is 1.41. The molecule has 0 radical (unpaired) electrons. The summed E-state index contributed by atoms with van der Waals surface area (Å²) in [6.07, 6.45) is -3.61. The monoisotopic (exact) mass is 317 g/mol. The molecule has 21 heavy (non-hydrogen) atoms. The van der Waals surface area contributed by atoms with E-state index < -0.39 is 17.6 Å². The van der Waals surface area contributed by atoms with Gasteiger partial charge in [-0.25, -0.2) is 0 Å². The standard InChI is InChI=1S/C13H11ClF3N3O/c14-5-6-19-12(21)9(7-18)8-20-11-4-2-1-3-10(11)13(15,16)17/h1-4,8,20H,5-6H2,(H,19,21)/b9-8-. The third-order valence-corrected chi connectivity index (χ3v) is 2.54. The Morgan fingerprint density at radius 2 is 2.05 bits per heavy atom. The molecule has 0 unspecified atom stereocenters. The van der Waals surface area contributed by atoms with Crippen molar-refractivity contribution >= 4 is 23.2 Å². The Kier molecular flexibility index (Phi) is 6.06. The third-order valence-electron chi connectivity index (χ3n) is 2.35. The molecule has 112 valence electrons. The number of nitriles is 1. The average molecular weight is 318 g/mol. The lowest BCUT2D eigenvalue weighted by Gasteiger charge is -2.12. The molecular formula is C13H11ClF3N3O. The molecule has 0 spiro atoms. The number of rotatable bonds is 5. The summed E-state index contributed by atoms with van der Waals surface area (Å²) in [5, 5.41) is 13.5. The van der Waals surface area contributed by atoms with Crippen molar-refractivity contribution < 1.29 is 18.0 Å². The van der Waals surface area contributed by atoms with Gasteiger partial charge in [0, 0.05) is 18.6 Å². The largest absolute Gasteiger partial charge is 0.418 e. The number of carbonyl (C=O) groups is 1. The number of para-hydroxylation sites is 1. The highest BCUT2D eigenvalue weighted by molar-refractivity contribution is 6.18. The summed E-state index contributed by atoms with van der Waals surface area (Å²) in [7, 11) is 0. The highest BCUT2D eigenvalue weighted by Crippen LogP contribution is 2.34. The van der Waals surface area contributed by atoms with Gasteiger partial charge in [0.1, 0.15) is 11.6 Å². The van der Waals surface area contributed by atoms with Crippen molar-refractivity contribution in [3.63, 3.8) is 0 Å². The van der Waals surface area contributed by atoms with E-state index in [-0.39, 0.29) is 23.7 Å². The van der Waals surface area contributed by atoms with Crippen LogP contribution in [0.3, 0.4) is 0 Å². The number of nitrogens with zero attached hydrogens (tertiary/aromatic N) is 1. The third kappa shape index (κ3) is 5.00. The van der Waals surface area contributed by atoms with Crippen molar-refractivity contribution in [3.8, 4) is 6.07 Å². The number of nitrogens with one attached hydrogen (secondary N) is 2. The second-order valence-electron chi connectivity index (χ2n) is 3.80. The molecule has 0 bridgehead atoms. The molecule has 4 nitrogen and oxygen atoms in total. The van der Waals surface area contributed by atoms with Crippen LogP contribution in [0.4, 0.5) is 18.9 Å². The molecule has 1 amide bonds. The molecule has 8 heteroatoms. The van der Waals surface area contributed by atoms with E-state index in [2.05, 4.69) is 10.6 Å². The van der Waals surface area contributed by atoms with Crippen molar-refractivity contribution in [2.45, 2.75) is 6.18 Å². The summed E-state index contributed by atoms with van der Waals surface area (Å²) in [4.78, 5) is 11.5. The van der Waals surface area contributed by atoms with Gasteiger partial charge in [-0.15, -0.1) is 11.6 Å². The quantitative estimate of drug-likeness (QED) is 0.498. The Balaban J connectivity index is 2.93. The van der Waals surface area contributed by atoms with E-state index in [1.807, 2.05) is 0 Å². The van der Waals surface area contributed by atoms with Crippen molar-refractivity contribution in [2.75, 3.05) is 17.7 Å². The Morgan fingerprint density at radius 1 is 1.38 bits per heavy atom. The lowest BCUT2D eigenvalue weighted by molar-refractivity contribution is -0.136. The predicted octanol–water partition coefficient (Wildman–Crippen LogP) is 2.88. The number of benzene rings is 1. The number of hydrogen-bond acceptors (Lipinski definition) is 3. The molecular weight excluding hydrogens is 307 g/mol. The van der Waals surface area contributed by atoms with E-state index in [0.29, 0.717) is 0 Å². The van der Waals surface area contributed by atoms with Gasteiger partial charge in [-0.3, -0.25) is 4.79 Å². The van der Waals surface area contributed by atoms with Crippen molar-refractivity contribution in [1.82, 2.24) is 5.32 Å². The van der Waals surface area contributed by atoms with Crippen LogP contribution < -0.4 is 10.6 Å². The first kappa shape index (κ1) is 16.9. The number of amides is 1. The van der Waals surface area contributed by atoms with E-state index in [9.17, 15) is 18.0 Å². The first-order valence-corrected chi connectivity index (χ1v) is 6.30. The maximum atomic E-state index is 12.8. The Bertz CT molecular complexity index is 579. The normalized spacial score (nSPS) is 11.7. The Hall–Kier alpha value is -2.20. The van der Waals surface area contributed by atoms with Gasteiger partial charge < -0.3 is 10.6 Å². The van der Waals surface area contributed by atoms with E-state index >= 15 is 0 Å². The first-order valence-electron chi connectivity index (χ1n) is 5.77. The van der Waals surface area contributed by atoms with Gasteiger partial charge in [0.05, 0.1) is 11.3 Å². The fourth-order valence-corrected chi connectivity index (χ4v) is 1.51. The molecule has 0 atom stereocenters. The second kappa shape index (κ2) is 7.55. The Morgan fingerprint density at radius 3 is 2.62 bits per heavy atom. The second-order valence-corrected chi connectivity index (χ2v) is 4.18. The lowest BCUT2D eigenvalue weighted by Crippen LogP contribution is -2.26. The number of anilines is 1. The lowest BCUT2D eigenvalue weighted by atomic mass is 10.1. The maximum absolute atomic E-state index is 12.8. The van der Waals surface area contributed by atoms with Crippen LogP contribution >= 0.6 is 11.6 Å². The number of halogens is 4. The minimum absolute atomic E-state index is 0.151. The molecule has 1 rings (SSSR count). The topological polar surface area (TPSA) is 64.9 Å². The molecule has 0 aromatic heterocycles. The van der Waals surface area contributed by atoms with Gasteiger partial charge in [0.2, 0.25) is 0 Å². The molecule has 1 aromatic rings. The zero-order valence-electron chi connectivity index (χ0n) is 10.7. The summed E-state index contributed by atoms with van der Waals surface area (Å²) >= 11 is 5.38. The molecule has 0 fully saturated rings. The summed E-state index contributed by atoms with van der Waals surface area (Å²) in [5.41, 5.74) is -1.49. The van der Waals surface area contributed by atoms with Gasteiger partial charge in [-0.05, 0) is 12.1 Å². The predicted molar refractivity (Wildman–Crippen MR) is 72.5 cm³/mol. The first-order chi connectivity index (χ1) is 9.90. The smallest absolute Gasteiger partial charge is 0.360 e. The summed E-state index contributed by atoms with van der Waals surface area (Å²) in [6, 6.07) is 6.35. The summed E-state index contributed by atoms with van der Waals surface area (Å²) in [5.74, 6) is -0.551. The van der Waals surface area contributed by atoms with Crippen LogP contribution in [0.25, 0.3) is 0 Å². The minimum atomic E-state index is -4.54. The molecule has 0 aliphatic carbocycles. The highest BCUT2D eigenvalue weighted by atomic mass is 35.5. The zero-order chi connectivity index (χ0) is 15.9. The van der Waals surface area contributed by atoms with E-state index in [4.69, 9.17) is 16.9 Å². The van der Waals surface area contributed by atoms with Crippen LogP contribution in [-0.2, 0) is 11.0 Å². The molecule has 0 saturated carbocycles. The van der Waals surface area contributed by atoms with Crippen LogP contribution in [-0.4, -0.2) is 18.3 Å². The van der Waals surface area contributed by atoms with E-state index in [0.717, 1.165) is 12.3 Å². The molecule has 0 heterocycles. The van der Waals surface area contributed by atoms with Crippen molar-refractivity contribution in [2.24, 2.45) is 0 Å². The van der Waals surface area contributed by atoms with E-state index in [1.54, 1.807) is 6.07 Å². The molecule has 0 aliphatic heterocycles.